The summed E-state index contributed by atoms with van der Waals surface area (Å²) in [6, 6.07) is 8.05. The number of benzene rings is 1. The summed E-state index contributed by atoms with van der Waals surface area (Å²) in [4.78, 5) is 26.3. The molecule has 1 aromatic carbocycles. The van der Waals surface area contributed by atoms with Crippen molar-refractivity contribution in [2.45, 2.75) is 32.1 Å². The molecule has 0 fully saturated rings. The highest BCUT2D eigenvalue weighted by Gasteiger charge is 2.05. The summed E-state index contributed by atoms with van der Waals surface area (Å²) in [5.41, 5.74) is 1.03. The lowest BCUT2D eigenvalue weighted by Gasteiger charge is -2.02. The summed E-state index contributed by atoms with van der Waals surface area (Å²) < 4.78 is 1.19. The fraction of sp³-hybridized carbons (Fsp3) is 0.400. The van der Waals surface area contributed by atoms with E-state index < -0.39 is 5.97 Å². The summed E-state index contributed by atoms with van der Waals surface area (Å²) in [6.45, 7) is 0.200. The molecule has 2 N–H and O–H groups in total. The van der Waals surface area contributed by atoms with Gasteiger partial charge in [-0.25, -0.2) is 4.98 Å². The van der Waals surface area contributed by atoms with Crippen LogP contribution in [0, 0.1) is 0 Å². The van der Waals surface area contributed by atoms with Crippen molar-refractivity contribution in [2.75, 3.05) is 6.54 Å². The van der Waals surface area contributed by atoms with Crippen molar-refractivity contribution < 1.29 is 14.7 Å². The number of carboxylic acids is 1. The Hall–Kier alpha value is -1.95. The average molecular weight is 306 g/mol. The smallest absolute Gasteiger partial charge is 0.305 e. The maximum atomic E-state index is 11.5. The van der Waals surface area contributed by atoms with Crippen LogP contribution in [0.5, 0.6) is 0 Å². The van der Waals surface area contributed by atoms with Crippen LogP contribution in [0.25, 0.3) is 10.2 Å². The zero-order valence-electron chi connectivity index (χ0n) is 11.7. The van der Waals surface area contributed by atoms with Gasteiger partial charge in [-0.3, -0.25) is 9.59 Å². The Morgan fingerprint density at radius 1 is 1.19 bits per heavy atom. The van der Waals surface area contributed by atoms with Gasteiger partial charge >= 0.3 is 5.97 Å². The van der Waals surface area contributed by atoms with Crippen LogP contribution in [0.15, 0.2) is 24.3 Å². The van der Waals surface area contributed by atoms with E-state index in [0.29, 0.717) is 6.42 Å². The molecular weight excluding hydrogens is 288 g/mol. The summed E-state index contributed by atoms with van der Waals surface area (Å²) >= 11 is 1.70. The number of thiazole rings is 1. The minimum absolute atomic E-state index is 0.0303. The van der Waals surface area contributed by atoms with E-state index in [1.807, 2.05) is 18.2 Å². The molecule has 1 aromatic heterocycles. The number of nitrogens with zero attached hydrogens (tertiary/aromatic N) is 1. The molecule has 0 saturated carbocycles. The van der Waals surface area contributed by atoms with Gasteiger partial charge in [-0.15, -0.1) is 11.3 Å². The lowest BCUT2D eigenvalue weighted by molar-refractivity contribution is -0.136. The van der Waals surface area contributed by atoms with Gasteiger partial charge in [0, 0.05) is 13.0 Å². The number of aromatic nitrogens is 1. The van der Waals surface area contributed by atoms with Crippen molar-refractivity contribution in [3.63, 3.8) is 0 Å². The number of nitrogens with one attached hydrogen (secondary N) is 1. The van der Waals surface area contributed by atoms with Crippen LogP contribution in [0.4, 0.5) is 0 Å². The number of rotatable bonds is 8. The van der Waals surface area contributed by atoms with Gasteiger partial charge in [-0.2, -0.15) is 0 Å². The molecule has 0 atom stereocenters. The van der Waals surface area contributed by atoms with Crippen LogP contribution in [0.1, 0.15) is 30.7 Å². The lowest BCUT2D eigenvalue weighted by atomic mass is 10.2. The molecule has 6 heteroatoms. The number of aryl methyl sites for hydroxylation is 1. The summed E-state index contributed by atoms with van der Waals surface area (Å²) in [5.74, 6) is -0.980. The molecule has 0 spiro atoms. The maximum Gasteiger partial charge on any atom is 0.305 e. The molecule has 0 saturated heterocycles. The largest absolute Gasteiger partial charge is 0.481 e. The zero-order chi connectivity index (χ0) is 15.1. The summed E-state index contributed by atoms with van der Waals surface area (Å²) in [5, 5.41) is 12.2. The number of amides is 1. The first-order valence-corrected chi connectivity index (χ1v) is 7.80. The molecule has 2 aromatic rings. The van der Waals surface area contributed by atoms with Gasteiger partial charge in [0.2, 0.25) is 5.91 Å². The number of hydrogen-bond acceptors (Lipinski definition) is 4. The first kappa shape index (κ1) is 15.4. The van der Waals surface area contributed by atoms with E-state index in [1.165, 1.54) is 4.70 Å². The van der Waals surface area contributed by atoms with E-state index in [0.717, 1.165) is 29.8 Å². The van der Waals surface area contributed by atoms with Crippen molar-refractivity contribution >= 4 is 33.4 Å². The molecule has 2 rings (SSSR count). The molecule has 0 unspecified atom stereocenters. The van der Waals surface area contributed by atoms with Crippen LogP contribution in [0.2, 0.25) is 0 Å². The second-order valence-electron chi connectivity index (χ2n) is 4.78. The van der Waals surface area contributed by atoms with Gasteiger partial charge in [0.15, 0.2) is 0 Å². The van der Waals surface area contributed by atoms with E-state index in [1.54, 1.807) is 11.3 Å². The fourth-order valence-electron chi connectivity index (χ4n) is 1.99. The molecule has 0 bridgehead atoms. The molecular formula is C15H18N2O3S. The Labute approximate surface area is 127 Å². The number of carboxylic acid groups (broad SMARTS) is 1. The third kappa shape index (κ3) is 5.15. The predicted molar refractivity (Wildman–Crippen MR) is 82.4 cm³/mol. The van der Waals surface area contributed by atoms with Crippen molar-refractivity contribution in [1.29, 1.82) is 0 Å². The minimum Gasteiger partial charge on any atom is -0.481 e. The number of fused-ring (bicyclic) bond motifs is 1. The van der Waals surface area contributed by atoms with Gasteiger partial charge in [0.1, 0.15) is 0 Å². The zero-order valence-corrected chi connectivity index (χ0v) is 12.5. The molecule has 21 heavy (non-hydrogen) atoms. The standard InChI is InChI=1S/C15H18N2O3S/c18-13(16-10-9-15(19)20)7-3-4-8-14-17-11-5-1-2-6-12(11)21-14/h1-2,5-6H,3-4,7-10H2,(H,16,18)(H,19,20). The molecule has 1 heterocycles. The number of carbonyl (C=O) groups excluding carboxylic acids is 1. The van der Waals surface area contributed by atoms with Crippen molar-refractivity contribution in [3.8, 4) is 0 Å². The summed E-state index contributed by atoms with van der Waals surface area (Å²) in [7, 11) is 0. The third-order valence-electron chi connectivity index (χ3n) is 3.04. The first-order chi connectivity index (χ1) is 10.1. The highest BCUT2D eigenvalue weighted by Crippen LogP contribution is 2.22. The fourth-order valence-corrected chi connectivity index (χ4v) is 2.99. The lowest BCUT2D eigenvalue weighted by Crippen LogP contribution is -2.25. The Kier molecular flexibility index (Phi) is 5.68. The SMILES string of the molecule is O=C(O)CCNC(=O)CCCCc1nc2ccccc2s1. The molecule has 0 aliphatic carbocycles. The van der Waals surface area contributed by atoms with Crippen LogP contribution in [-0.2, 0) is 16.0 Å². The average Bonchev–Trinajstić information content (AvgIpc) is 2.86. The topological polar surface area (TPSA) is 79.3 Å². The van der Waals surface area contributed by atoms with Crippen molar-refractivity contribution in [1.82, 2.24) is 10.3 Å². The minimum atomic E-state index is -0.897. The Morgan fingerprint density at radius 2 is 2.00 bits per heavy atom. The van der Waals surface area contributed by atoms with E-state index in [2.05, 4.69) is 16.4 Å². The van der Waals surface area contributed by atoms with E-state index in [9.17, 15) is 9.59 Å². The van der Waals surface area contributed by atoms with Crippen LogP contribution < -0.4 is 5.32 Å². The van der Waals surface area contributed by atoms with Gasteiger partial charge in [0.05, 0.1) is 21.6 Å². The van der Waals surface area contributed by atoms with Crippen molar-refractivity contribution in [3.05, 3.63) is 29.3 Å². The monoisotopic (exact) mass is 306 g/mol. The molecule has 1 amide bonds. The van der Waals surface area contributed by atoms with Gasteiger partial charge in [-0.1, -0.05) is 12.1 Å². The second kappa shape index (κ2) is 7.73. The number of aliphatic carboxylic acids is 1. The van der Waals surface area contributed by atoms with Crippen LogP contribution >= 0.6 is 11.3 Å². The number of carbonyl (C=O) groups is 2. The Morgan fingerprint density at radius 3 is 2.76 bits per heavy atom. The molecule has 0 radical (unpaired) electrons. The van der Waals surface area contributed by atoms with Gasteiger partial charge in [0.25, 0.3) is 0 Å². The maximum absolute atomic E-state index is 11.5. The predicted octanol–water partition coefficient (Wildman–Crippen LogP) is 2.60. The van der Waals surface area contributed by atoms with Gasteiger partial charge in [-0.05, 0) is 31.4 Å². The molecule has 0 aliphatic rings. The normalized spacial score (nSPS) is 10.7. The Bertz CT molecular complexity index is 591. The summed E-state index contributed by atoms with van der Waals surface area (Å²) in [6.07, 6.45) is 2.98. The number of para-hydroxylation sites is 1. The van der Waals surface area contributed by atoms with Gasteiger partial charge < -0.3 is 10.4 Å². The van der Waals surface area contributed by atoms with Crippen LogP contribution in [0.3, 0.4) is 0 Å². The first-order valence-electron chi connectivity index (χ1n) is 6.98. The van der Waals surface area contributed by atoms with Crippen LogP contribution in [-0.4, -0.2) is 28.5 Å². The Balaban J connectivity index is 1.65. The quantitative estimate of drug-likeness (QED) is 0.735. The molecule has 112 valence electrons. The molecule has 0 aliphatic heterocycles. The van der Waals surface area contributed by atoms with Crippen molar-refractivity contribution in [2.24, 2.45) is 0 Å². The molecule has 5 nitrogen and oxygen atoms in total. The number of unbranched alkanes of at least 4 members (excludes halogenated alkanes) is 1. The van der Waals surface area contributed by atoms with E-state index in [-0.39, 0.29) is 18.9 Å². The van der Waals surface area contributed by atoms with E-state index in [4.69, 9.17) is 5.11 Å². The highest BCUT2D eigenvalue weighted by atomic mass is 32.1. The third-order valence-corrected chi connectivity index (χ3v) is 4.14. The van der Waals surface area contributed by atoms with E-state index >= 15 is 0 Å². The number of hydrogen-bond donors (Lipinski definition) is 2. The second-order valence-corrected chi connectivity index (χ2v) is 5.89. The highest BCUT2D eigenvalue weighted by molar-refractivity contribution is 7.18.